The standard InChI is InChI=1S/C9H13O3P/c1-7(2)8-5-3-4-6-9(8)12-13(10)11/h3-7,10-11H,1-2H3. The van der Waals surface area contributed by atoms with Gasteiger partial charge in [-0.1, -0.05) is 32.0 Å². The first-order chi connectivity index (χ1) is 6.11. The van der Waals surface area contributed by atoms with Crippen molar-refractivity contribution in [2.75, 3.05) is 0 Å². The lowest BCUT2D eigenvalue weighted by molar-refractivity contribution is 0.373. The topological polar surface area (TPSA) is 49.7 Å². The minimum Gasteiger partial charge on any atom is -0.427 e. The van der Waals surface area contributed by atoms with Gasteiger partial charge < -0.3 is 14.3 Å². The summed E-state index contributed by atoms with van der Waals surface area (Å²) in [5.41, 5.74) is 0.984. The number of para-hydroxylation sites is 1. The van der Waals surface area contributed by atoms with Crippen LogP contribution in [0.4, 0.5) is 0 Å². The van der Waals surface area contributed by atoms with Crippen molar-refractivity contribution in [3.8, 4) is 5.75 Å². The third-order valence-electron chi connectivity index (χ3n) is 1.72. The molecule has 0 spiro atoms. The molecule has 3 nitrogen and oxygen atoms in total. The van der Waals surface area contributed by atoms with Crippen molar-refractivity contribution in [1.82, 2.24) is 0 Å². The average molecular weight is 200 g/mol. The van der Waals surface area contributed by atoms with Gasteiger partial charge in [0.15, 0.2) is 0 Å². The van der Waals surface area contributed by atoms with Crippen molar-refractivity contribution in [2.24, 2.45) is 0 Å². The molecule has 0 saturated carbocycles. The quantitative estimate of drug-likeness (QED) is 0.736. The van der Waals surface area contributed by atoms with Gasteiger partial charge in [-0.25, -0.2) is 0 Å². The smallest absolute Gasteiger partial charge is 0.391 e. The lowest BCUT2D eigenvalue weighted by Gasteiger charge is -2.12. The van der Waals surface area contributed by atoms with Gasteiger partial charge in [-0.2, -0.15) is 0 Å². The highest BCUT2D eigenvalue weighted by Gasteiger charge is 2.09. The van der Waals surface area contributed by atoms with Gasteiger partial charge >= 0.3 is 8.60 Å². The third-order valence-corrected chi connectivity index (χ3v) is 2.08. The summed E-state index contributed by atoms with van der Waals surface area (Å²) < 4.78 is 4.88. The molecule has 0 aliphatic heterocycles. The number of hydrogen-bond donors (Lipinski definition) is 2. The molecule has 0 radical (unpaired) electrons. The van der Waals surface area contributed by atoms with E-state index in [-0.39, 0.29) is 0 Å². The second-order valence-electron chi connectivity index (χ2n) is 3.04. The van der Waals surface area contributed by atoms with Gasteiger partial charge in [0.2, 0.25) is 0 Å². The Balaban J connectivity index is 2.91. The zero-order valence-electron chi connectivity index (χ0n) is 7.64. The molecular weight excluding hydrogens is 187 g/mol. The molecule has 0 saturated heterocycles. The van der Waals surface area contributed by atoms with E-state index in [4.69, 9.17) is 14.3 Å². The van der Waals surface area contributed by atoms with Crippen LogP contribution in [0.25, 0.3) is 0 Å². The monoisotopic (exact) mass is 200 g/mol. The predicted molar refractivity (Wildman–Crippen MR) is 52.5 cm³/mol. The van der Waals surface area contributed by atoms with Crippen LogP contribution >= 0.6 is 8.60 Å². The van der Waals surface area contributed by atoms with Crippen LogP contribution in [-0.2, 0) is 0 Å². The average Bonchev–Trinajstić information content (AvgIpc) is 2.03. The molecule has 2 N–H and O–H groups in total. The maximum absolute atomic E-state index is 8.71. The Morgan fingerprint density at radius 2 is 1.85 bits per heavy atom. The van der Waals surface area contributed by atoms with E-state index in [0.717, 1.165) is 5.56 Å². The normalized spacial score (nSPS) is 10.9. The van der Waals surface area contributed by atoms with Crippen LogP contribution in [0.1, 0.15) is 25.3 Å². The Bertz CT molecular complexity index is 273. The van der Waals surface area contributed by atoms with E-state index in [9.17, 15) is 0 Å². The molecule has 0 bridgehead atoms. The molecule has 4 heteroatoms. The molecule has 0 aliphatic carbocycles. The highest BCUT2D eigenvalue weighted by molar-refractivity contribution is 7.39. The predicted octanol–water partition coefficient (Wildman–Crippen LogP) is 2.40. The fraction of sp³-hybridized carbons (Fsp3) is 0.333. The van der Waals surface area contributed by atoms with Gasteiger partial charge in [0.25, 0.3) is 0 Å². The van der Waals surface area contributed by atoms with Crippen molar-refractivity contribution in [1.29, 1.82) is 0 Å². The van der Waals surface area contributed by atoms with E-state index in [2.05, 4.69) is 0 Å². The van der Waals surface area contributed by atoms with Crippen molar-refractivity contribution in [2.45, 2.75) is 19.8 Å². The second-order valence-corrected chi connectivity index (χ2v) is 3.72. The molecule has 1 rings (SSSR count). The van der Waals surface area contributed by atoms with Crippen LogP contribution in [0.15, 0.2) is 24.3 Å². The molecule has 13 heavy (non-hydrogen) atoms. The summed E-state index contributed by atoms with van der Waals surface area (Å²) in [4.78, 5) is 17.4. The van der Waals surface area contributed by atoms with Crippen molar-refractivity contribution >= 4 is 8.60 Å². The Morgan fingerprint density at radius 1 is 1.23 bits per heavy atom. The minimum absolute atomic E-state index is 0.311. The van der Waals surface area contributed by atoms with Crippen molar-refractivity contribution in [3.63, 3.8) is 0 Å². The first-order valence-electron chi connectivity index (χ1n) is 4.06. The van der Waals surface area contributed by atoms with Gasteiger partial charge in [0.05, 0.1) is 0 Å². The van der Waals surface area contributed by atoms with Crippen LogP contribution in [0, 0.1) is 0 Å². The Kier molecular flexibility index (Phi) is 3.67. The van der Waals surface area contributed by atoms with E-state index >= 15 is 0 Å². The van der Waals surface area contributed by atoms with Crippen LogP contribution < -0.4 is 4.52 Å². The molecule has 72 valence electrons. The van der Waals surface area contributed by atoms with Crippen molar-refractivity contribution in [3.05, 3.63) is 29.8 Å². The van der Waals surface area contributed by atoms with Crippen molar-refractivity contribution < 1.29 is 14.3 Å². The fourth-order valence-electron chi connectivity index (χ4n) is 1.13. The highest BCUT2D eigenvalue weighted by atomic mass is 31.2. The second kappa shape index (κ2) is 4.56. The maximum atomic E-state index is 8.71. The minimum atomic E-state index is -2.32. The van der Waals surface area contributed by atoms with E-state index in [1.807, 2.05) is 26.0 Å². The summed E-state index contributed by atoms with van der Waals surface area (Å²) >= 11 is 0. The first-order valence-corrected chi connectivity index (χ1v) is 5.22. The molecule has 0 unspecified atom stereocenters. The summed E-state index contributed by atoms with van der Waals surface area (Å²) in [6.07, 6.45) is 0. The molecular formula is C9H13O3P. The zero-order chi connectivity index (χ0) is 9.84. The summed E-state index contributed by atoms with van der Waals surface area (Å²) in [7, 11) is -2.32. The highest BCUT2D eigenvalue weighted by Crippen LogP contribution is 2.34. The van der Waals surface area contributed by atoms with Gasteiger partial charge in [-0.15, -0.1) is 0 Å². The van der Waals surface area contributed by atoms with Crippen LogP contribution in [0.5, 0.6) is 5.75 Å². The van der Waals surface area contributed by atoms with Crippen LogP contribution in [0.2, 0.25) is 0 Å². The molecule has 0 aliphatic rings. The summed E-state index contributed by atoms with van der Waals surface area (Å²) in [5, 5.41) is 0. The van der Waals surface area contributed by atoms with Crippen LogP contribution in [0.3, 0.4) is 0 Å². The third kappa shape index (κ3) is 2.96. The largest absolute Gasteiger partial charge is 0.427 e. The molecule has 0 amide bonds. The number of benzene rings is 1. The molecule has 1 aromatic rings. The van der Waals surface area contributed by atoms with E-state index in [1.165, 1.54) is 0 Å². The molecule has 1 aromatic carbocycles. The van der Waals surface area contributed by atoms with Gasteiger partial charge in [-0.3, -0.25) is 0 Å². The molecule has 0 heterocycles. The van der Waals surface area contributed by atoms with Crippen LogP contribution in [-0.4, -0.2) is 9.79 Å². The van der Waals surface area contributed by atoms with E-state index < -0.39 is 8.60 Å². The molecule has 0 aromatic heterocycles. The van der Waals surface area contributed by atoms with E-state index in [0.29, 0.717) is 11.7 Å². The number of hydrogen-bond acceptors (Lipinski definition) is 3. The summed E-state index contributed by atoms with van der Waals surface area (Å²) in [6, 6.07) is 7.36. The van der Waals surface area contributed by atoms with Gasteiger partial charge in [0, 0.05) is 0 Å². The van der Waals surface area contributed by atoms with E-state index in [1.54, 1.807) is 12.1 Å². The molecule has 0 atom stereocenters. The summed E-state index contributed by atoms with van der Waals surface area (Å²) in [6.45, 7) is 4.05. The zero-order valence-corrected chi connectivity index (χ0v) is 8.53. The van der Waals surface area contributed by atoms with Gasteiger partial charge in [0.1, 0.15) is 5.75 Å². The summed E-state index contributed by atoms with van der Waals surface area (Å²) in [5.74, 6) is 0.861. The lowest BCUT2D eigenvalue weighted by Crippen LogP contribution is -1.93. The Labute approximate surface area is 79.0 Å². The Morgan fingerprint density at radius 3 is 2.38 bits per heavy atom. The molecule has 0 fully saturated rings. The first kappa shape index (κ1) is 10.5. The maximum Gasteiger partial charge on any atom is 0.391 e. The lowest BCUT2D eigenvalue weighted by atomic mass is 10.0. The number of rotatable bonds is 3. The fourth-order valence-corrected chi connectivity index (χ4v) is 1.47. The van der Waals surface area contributed by atoms with Gasteiger partial charge in [-0.05, 0) is 17.5 Å². The Hall–Kier alpha value is -0.630. The SMILES string of the molecule is CC(C)c1ccccc1OP(O)O.